The van der Waals surface area contributed by atoms with Crippen molar-refractivity contribution in [2.75, 3.05) is 13.1 Å². The molecule has 0 radical (unpaired) electrons. The molecule has 2 heterocycles. The molecule has 2 N–H and O–H groups in total. The molecule has 1 aliphatic rings. The molecule has 1 aromatic heterocycles. The molecule has 0 saturated carbocycles. The fourth-order valence-corrected chi connectivity index (χ4v) is 3.01. The van der Waals surface area contributed by atoms with Crippen LogP contribution in [-0.4, -0.2) is 23.0 Å². The van der Waals surface area contributed by atoms with E-state index >= 15 is 0 Å². The van der Waals surface area contributed by atoms with Gasteiger partial charge in [-0.05, 0) is 31.3 Å². The molecule has 2 rings (SSSR count). The summed E-state index contributed by atoms with van der Waals surface area (Å²) in [6.45, 7) is 8.71. The summed E-state index contributed by atoms with van der Waals surface area (Å²) in [6, 6.07) is 0. The Morgan fingerprint density at radius 2 is 2.18 bits per heavy atom. The summed E-state index contributed by atoms with van der Waals surface area (Å²) in [5.74, 6) is 0. The number of nitrogens with zero attached hydrogens (tertiary/aromatic N) is 2. The zero-order chi connectivity index (χ0) is 12.3. The molecule has 1 aliphatic heterocycles. The first-order valence-corrected chi connectivity index (χ1v) is 7.39. The molecule has 1 fully saturated rings. The second kappa shape index (κ2) is 5.46. The van der Waals surface area contributed by atoms with Gasteiger partial charge in [-0.2, -0.15) is 0 Å². The summed E-state index contributed by atoms with van der Waals surface area (Å²) < 4.78 is 0. The lowest BCUT2D eigenvalue weighted by Crippen LogP contribution is -2.37. The van der Waals surface area contributed by atoms with Gasteiger partial charge in [0.25, 0.3) is 0 Å². The van der Waals surface area contributed by atoms with E-state index in [9.17, 15) is 0 Å². The molecule has 17 heavy (non-hydrogen) atoms. The fraction of sp³-hybridized carbons (Fsp3) is 0.769. The summed E-state index contributed by atoms with van der Waals surface area (Å²) in [4.78, 5) is 7.05. The third-order valence-electron chi connectivity index (χ3n) is 4.08. The average molecular weight is 253 g/mol. The van der Waals surface area contributed by atoms with E-state index in [4.69, 9.17) is 5.73 Å². The maximum absolute atomic E-state index is 5.58. The largest absolute Gasteiger partial charge is 0.325 e. The second-order valence-electron chi connectivity index (χ2n) is 5.38. The van der Waals surface area contributed by atoms with Gasteiger partial charge in [0.1, 0.15) is 5.01 Å². The van der Waals surface area contributed by atoms with E-state index in [2.05, 4.69) is 29.1 Å². The van der Waals surface area contributed by atoms with Crippen molar-refractivity contribution in [3.8, 4) is 0 Å². The zero-order valence-electron chi connectivity index (χ0n) is 10.9. The molecule has 4 heteroatoms. The SMILES string of the molecule is CCC1(C)CCN(Cc2csc(CN)n2)CC1. The van der Waals surface area contributed by atoms with E-state index in [1.54, 1.807) is 11.3 Å². The van der Waals surface area contributed by atoms with Crippen molar-refractivity contribution in [3.63, 3.8) is 0 Å². The van der Waals surface area contributed by atoms with Gasteiger partial charge >= 0.3 is 0 Å². The number of hydrogen-bond donors (Lipinski definition) is 1. The van der Waals surface area contributed by atoms with Crippen LogP contribution in [0.3, 0.4) is 0 Å². The highest BCUT2D eigenvalue weighted by Crippen LogP contribution is 2.34. The van der Waals surface area contributed by atoms with E-state index in [1.807, 2.05) is 0 Å². The van der Waals surface area contributed by atoms with Gasteiger partial charge in [-0.1, -0.05) is 20.3 Å². The molecular formula is C13H23N3S. The normalized spacial score (nSPS) is 20.6. The number of aromatic nitrogens is 1. The monoisotopic (exact) mass is 253 g/mol. The van der Waals surface area contributed by atoms with Gasteiger partial charge in [-0.15, -0.1) is 11.3 Å². The number of thiazole rings is 1. The van der Waals surface area contributed by atoms with Crippen molar-refractivity contribution in [1.82, 2.24) is 9.88 Å². The molecule has 0 atom stereocenters. The van der Waals surface area contributed by atoms with Crippen LogP contribution in [0.4, 0.5) is 0 Å². The topological polar surface area (TPSA) is 42.1 Å². The third-order valence-corrected chi connectivity index (χ3v) is 5.00. The Morgan fingerprint density at radius 3 is 2.71 bits per heavy atom. The minimum atomic E-state index is 0.568. The fourth-order valence-electron chi connectivity index (χ4n) is 2.35. The quantitative estimate of drug-likeness (QED) is 0.897. The number of nitrogens with two attached hydrogens (primary N) is 1. The van der Waals surface area contributed by atoms with Crippen LogP contribution in [0.5, 0.6) is 0 Å². The number of likely N-dealkylation sites (tertiary alicyclic amines) is 1. The second-order valence-corrected chi connectivity index (χ2v) is 6.32. The van der Waals surface area contributed by atoms with Crippen LogP contribution in [0.2, 0.25) is 0 Å². The van der Waals surface area contributed by atoms with Crippen LogP contribution in [0.15, 0.2) is 5.38 Å². The van der Waals surface area contributed by atoms with E-state index in [0.717, 1.165) is 11.6 Å². The molecular weight excluding hydrogens is 230 g/mol. The minimum Gasteiger partial charge on any atom is -0.325 e. The van der Waals surface area contributed by atoms with Crippen molar-refractivity contribution in [2.24, 2.45) is 11.1 Å². The number of rotatable bonds is 4. The highest BCUT2D eigenvalue weighted by Gasteiger charge is 2.28. The molecule has 0 amide bonds. The molecule has 3 nitrogen and oxygen atoms in total. The summed E-state index contributed by atoms with van der Waals surface area (Å²) in [7, 11) is 0. The van der Waals surface area contributed by atoms with Gasteiger partial charge in [0.15, 0.2) is 0 Å². The molecule has 0 unspecified atom stereocenters. The molecule has 0 aliphatic carbocycles. The van der Waals surface area contributed by atoms with Crippen molar-refractivity contribution >= 4 is 11.3 Å². The van der Waals surface area contributed by atoms with E-state index in [-0.39, 0.29) is 0 Å². The highest BCUT2D eigenvalue weighted by atomic mass is 32.1. The molecule has 0 spiro atoms. The summed E-state index contributed by atoms with van der Waals surface area (Å²) >= 11 is 1.68. The van der Waals surface area contributed by atoms with Gasteiger partial charge in [0, 0.05) is 18.5 Å². The van der Waals surface area contributed by atoms with E-state index < -0.39 is 0 Å². The van der Waals surface area contributed by atoms with Crippen LogP contribution in [0.25, 0.3) is 0 Å². The lowest BCUT2D eigenvalue weighted by atomic mass is 9.78. The zero-order valence-corrected chi connectivity index (χ0v) is 11.7. The minimum absolute atomic E-state index is 0.568. The van der Waals surface area contributed by atoms with Crippen LogP contribution in [0, 0.1) is 5.41 Å². The maximum Gasteiger partial charge on any atom is 0.106 e. The van der Waals surface area contributed by atoms with Crippen LogP contribution in [-0.2, 0) is 13.1 Å². The lowest BCUT2D eigenvalue weighted by molar-refractivity contribution is 0.109. The van der Waals surface area contributed by atoms with E-state index in [0.29, 0.717) is 12.0 Å². The van der Waals surface area contributed by atoms with E-state index in [1.165, 1.54) is 38.0 Å². The maximum atomic E-state index is 5.58. The molecule has 96 valence electrons. The van der Waals surface area contributed by atoms with Crippen LogP contribution >= 0.6 is 11.3 Å². The van der Waals surface area contributed by atoms with Crippen molar-refractivity contribution in [1.29, 1.82) is 0 Å². The van der Waals surface area contributed by atoms with Gasteiger partial charge in [0.2, 0.25) is 0 Å². The Labute approximate surface area is 108 Å². The number of hydrogen-bond acceptors (Lipinski definition) is 4. The Morgan fingerprint density at radius 1 is 1.47 bits per heavy atom. The standard InChI is InChI=1S/C13H23N3S/c1-3-13(2)4-6-16(7-5-13)9-11-10-17-12(8-14)15-11/h10H,3-9,14H2,1-2H3. The Kier molecular flexibility index (Phi) is 4.17. The van der Waals surface area contributed by atoms with Crippen molar-refractivity contribution in [3.05, 3.63) is 16.1 Å². The van der Waals surface area contributed by atoms with Gasteiger partial charge in [-0.25, -0.2) is 4.98 Å². The van der Waals surface area contributed by atoms with Crippen molar-refractivity contribution in [2.45, 2.75) is 46.2 Å². The Balaban J connectivity index is 1.85. The first-order valence-electron chi connectivity index (χ1n) is 6.51. The first kappa shape index (κ1) is 13.0. The van der Waals surface area contributed by atoms with Crippen molar-refractivity contribution < 1.29 is 0 Å². The Bertz CT molecular complexity index is 353. The summed E-state index contributed by atoms with van der Waals surface area (Å²) in [5.41, 5.74) is 7.34. The average Bonchev–Trinajstić information content (AvgIpc) is 2.80. The molecule has 0 bridgehead atoms. The van der Waals surface area contributed by atoms with Crippen LogP contribution < -0.4 is 5.73 Å². The Hall–Kier alpha value is -0.450. The predicted octanol–water partition coefficient (Wildman–Crippen LogP) is 2.61. The molecule has 1 saturated heterocycles. The number of piperidine rings is 1. The predicted molar refractivity (Wildman–Crippen MR) is 72.9 cm³/mol. The van der Waals surface area contributed by atoms with Gasteiger partial charge in [0.05, 0.1) is 5.69 Å². The van der Waals surface area contributed by atoms with Gasteiger partial charge < -0.3 is 5.73 Å². The van der Waals surface area contributed by atoms with Gasteiger partial charge in [-0.3, -0.25) is 4.90 Å². The highest BCUT2D eigenvalue weighted by molar-refractivity contribution is 7.09. The molecule has 1 aromatic rings. The lowest BCUT2D eigenvalue weighted by Gasteiger charge is -2.38. The summed E-state index contributed by atoms with van der Waals surface area (Å²) in [6.07, 6.45) is 3.93. The summed E-state index contributed by atoms with van der Waals surface area (Å²) in [5, 5.41) is 3.20. The third kappa shape index (κ3) is 3.27. The van der Waals surface area contributed by atoms with Crippen LogP contribution in [0.1, 0.15) is 43.8 Å². The molecule has 0 aromatic carbocycles. The smallest absolute Gasteiger partial charge is 0.106 e. The first-order chi connectivity index (χ1) is 8.15.